The molecule has 1 heterocycles. The minimum absolute atomic E-state index is 0. The van der Waals surface area contributed by atoms with Crippen LogP contribution in [-0.4, -0.2) is 13.1 Å². The second-order valence-corrected chi connectivity index (χ2v) is 4.24. The van der Waals surface area contributed by atoms with E-state index in [1.807, 2.05) is 0 Å². The summed E-state index contributed by atoms with van der Waals surface area (Å²) < 4.78 is 0. The molecule has 1 aromatic carbocycles. The average Bonchev–Trinajstić information content (AvgIpc) is 2.55. The van der Waals surface area contributed by atoms with E-state index < -0.39 is 0 Å². The third-order valence-corrected chi connectivity index (χ3v) is 3.56. The maximum atomic E-state index is 3.48. The summed E-state index contributed by atoms with van der Waals surface area (Å²) in [5, 5.41) is 3.48. The van der Waals surface area contributed by atoms with Gasteiger partial charge in [0.15, 0.2) is 0 Å². The molecule has 1 aliphatic carbocycles. The standard InChI is InChI=1S/C13H15N.ClH/c1-9-10-4-2-3-5-12(10)13-8-14-7-6-11(9)13;/h2-5,13-14H,6-8H2,1H3;1H. The van der Waals surface area contributed by atoms with Gasteiger partial charge in [-0.3, -0.25) is 0 Å². The first-order chi connectivity index (χ1) is 6.88. The summed E-state index contributed by atoms with van der Waals surface area (Å²) in [6, 6.07) is 8.84. The molecule has 0 bridgehead atoms. The van der Waals surface area contributed by atoms with Crippen molar-refractivity contribution in [3.8, 4) is 0 Å². The first-order valence-electron chi connectivity index (χ1n) is 5.37. The maximum absolute atomic E-state index is 3.48. The van der Waals surface area contributed by atoms with E-state index in [-0.39, 0.29) is 12.4 Å². The van der Waals surface area contributed by atoms with E-state index >= 15 is 0 Å². The molecule has 2 heteroatoms. The van der Waals surface area contributed by atoms with Gasteiger partial charge in [0.05, 0.1) is 0 Å². The fraction of sp³-hybridized carbons (Fsp3) is 0.385. The topological polar surface area (TPSA) is 12.0 Å². The van der Waals surface area contributed by atoms with E-state index in [1.165, 1.54) is 23.1 Å². The number of hydrogen-bond acceptors (Lipinski definition) is 1. The minimum atomic E-state index is 0. The lowest BCUT2D eigenvalue weighted by molar-refractivity contribution is 0.563. The summed E-state index contributed by atoms with van der Waals surface area (Å²) >= 11 is 0. The molecule has 3 rings (SSSR count). The van der Waals surface area contributed by atoms with Gasteiger partial charge in [-0.1, -0.05) is 29.8 Å². The lowest BCUT2D eigenvalue weighted by Crippen LogP contribution is -2.28. The fourth-order valence-corrected chi connectivity index (χ4v) is 2.83. The molecule has 1 aliphatic heterocycles. The van der Waals surface area contributed by atoms with Crippen LogP contribution in [0.2, 0.25) is 0 Å². The monoisotopic (exact) mass is 221 g/mol. The average molecular weight is 222 g/mol. The van der Waals surface area contributed by atoms with Gasteiger partial charge in [-0.05, 0) is 36.6 Å². The smallest absolute Gasteiger partial charge is 0.0186 e. The van der Waals surface area contributed by atoms with Crippen LogP contribution in [0, 0.1) is 0 Å². The molecule has 0 saturated carbocycles. The highest BCUT2D eigenvalue weighted by molar-refractivity contribution is 5.85. The SMILES string of the molecule is CC1=C2CCNCC2c2ccccc21.Cl. The van der Waals surface area contributed by atoms with Gasteiger partial charge in [0.1, 0.15) is 0 Å². The van der Waals surface area contributed by atoms with E-state index in [0.29, 0.717) is 5.92 Å². The molecule has 1 N–H and O–H groups in total. The molecule has 15 heavy (non-hydrogen) atoms. The van der Waals surface area contributed by atoms with Gasteiger partial charge in [0.25, 0.3) is 0 Å². The molecule has 0 amide bonds. The summed E-state index contributed by atoms with van der Waals surface area (Å²) in [7, 11) is 0. The van der Waals surface area contributed by atoms with Crippen molar-refractivity contribution in [3.63, 3.8) is 0 Å². The van der Waals surface area contributed by atoms with Crippen LogP contribution < -0.4 is 5.32 Å². The van der Waals surface area contributed by atoms with Crippen molar-refractivity contribution in [2.75, 3.05) is 13.1 Å². The van der Waals surface area contributed by atoms with Crippen molar-refractivity contribution < 1.29 is 0 Å². The molecule has 80 valence electrons. The number of allylic oxidation sites excluding steroid dienone is 1. The van der Waals surface area contributed by atoms with Crippen molar-refractivity contribution in [1.82, 2.24) is 5.32 Å². The van der Waals surface area contributed by atoms with Gasteiger partial charge in [0, 0.05) is 12.5 Å². The van der Waals surface area contributed by atoms with Crippen LogP contribution in [0.25, 0.3) is 5.57 Å². The van der Waals surface area contributed by atoms with Gasteiger partial charge in [-0.25, -0.2) is 0 Å². The van der Waals surface area contributed by atoms with Crippen LogP contribution in [0.5, 0.6) is 0 Å². The molecule has 0 spiro atoms. The number of fused-ring (bicyclic) bond motifs is 3. The Balaban J connectivity index is 0.000000853. The Labute approximate surface area is 97.0 Å². The molecule has 1 aromatic rings. The van der Waals surface area contributed by atoms with Gasteiger partial charge in [-0.2, -0.15) is 0 Å². The maximum Gasteiger partial charge on any atom is 0.0186 e. The van der Waals surface area contributed by atoms with Crippen molar-refractivity contribution >= 4 is 18.0 Å². The summed E-state index contributed by atoms with van der Waals surface area (Å²) in [5.74, 6) is 0.667. The third kappa shape index (κ3) is 1.51. The Hall–Kier alpha value is -0.790. The van der Waals surface area contributed by atoms with Gasteiger partial charge in [-0.15, -0.1) is 12.4 Å². The molecule has 2 aliphatic rings. The molecule has 0 radical (unpaired) electrons. The normalized spacial score (nSPS) is 23.1. The molecular formula is C13H16ClN. The lowest BCUT2D eigenvalue weighted by Gasteiger charge is -2.23. The van der Waals surface area contributed by atoms with Crippen molar-refractivity contribution in [2.45, 2.75) is 19.3 Å². The zero-order valence-corrected chi connectivity index (χ0v) is 9.73. The second kappa shape index (κ2) is 3.99. The molecule has 1 unspecified atom stereocenters. The summed E-state index contributed by atoms with van der Waals surface area (Å²) in [4.78, 5) is 0. The fourth-order valence-electron chi connectivity index (χ4n) is 2.83. The predicted octanol–water partition coefficient (Wildman–Crippen LogP) is 2.97. The first kappa shape index (κ1) is 10.7. The predicted molar refractivity (Wildman–Crippen MR) is 66.5 cm³/mol. The Morgan fingerprint density at radius 3 is 2.93 bits per heavy atom. The van der Waals surface area contributed by atoms with Crippen LogP contribution in [0.15, 0.2) is 29.8 Å². The Morgan fingerprint density at radius 2 is 2.07 bits per heavy atom. The van der Waals surface area contributed by atoms with E-state index in [0.717, 1.165) is 13.1 Å². The summed E-state index contributed by atoms with van der Waals surface area (Å²) in [6.07, 6.45) is 1.23. The molecular weight excluding hydrogens is 206 g/mol. The minimum Gasteiger partial charge on any atom is -0.315 e. The van der Waals surface area contributed by atoms with Crippen LogP contribution in [-0.2, 0) is 0 Å². The molecule has 1 saturated heterocycles. The molecule has 0 aromatic heterocycles. The number of rotatable bonds is 0. The van der Waals surface area contributed by atoms with E-state index in [9.17, 15) is 0 Å². The van der Waals surface area contributed by atoms with Crippen LogP contribution in [0.1, 0.15) is 30.4 Å². The number of piperidine rings is 1. The highest BCUT2D eigenvalue weighted by atomic mass is 35.5. The number of benzene rings is 1. The summed E-state index contributed by atoms with van der Waals surface area (Å²) in [6.45, 7) is 4.56. The van der Waals surface area contributed by atoms with Crippen molar-refractivity contribution in [3.05, 3.63) is 41.0 Å². The quantitative estimate of drug-likeness (QED) is 0.710. The zero-order chi connectivity index (χ0) is 9.54. The zero-order valence-electron chi connectivity index (χ0n) is 8.92. The van der Waals surface area contributed by atoms with Crippen LogP contribution in [0.3, 0.4) is 0 Å². The van der Waals surface area contributed by atoms with E-state index in [1.54, 1.807) is 5.57 Å². The first-order valence-corrected chi connectivity index (χ1v) is 5.37. The molecule has 1 atom stereocenters. The van der Waals surface area contributed by atoms with Crippen molar-refractivity contribution in [1.29, 1.82) is 0 Å². The number of nitrogens with one attached hydrogen (secondary N) is 1. The number of hydrogen-bond donors (Lipinski definition) is 1. The van der Waals surface area contributed by atoms with Crippen LogP contribution in [0.4, 0.5) is 0 Å². The molecule has 1 nitrogen and oxygen atoms in total. The van der Waals surface area contributed by atoms with Gasteiger partial charge >= 0.3 is 0 Å². The lowest BCUT2D eigenvalue weighted by atomic mass is 9.91. The van der Waals surface area contributed by atoms with Gasteiger partial charge in [0.2, 0.25) is 0 Å². The number of halogens is 1. The highest BCUT2D eigenvalue weighted by Crippen LogP contribution is 2.43. The van der Waals surface area contributed by atoms with Crippen LogP contribution >= 0.6 is 12.4 Å². The van der Waals surface area contributed by atoms with E-state index in [2.05, 4.69) is 36.5 Å². The third-order valence-electron chi connectivity index (χ3n) is 3.56. The highest BCUT2D eigenvalue weighted by Gasteiger charge is 2.29. The van der Waals surface area contributed by atoms with E-state index in [4.69, 9.17) is 0 Å². The Morgan fingerprint density at radius 1 is 1.27 bits per heavy atom. The van der Waals surface area contributed by atoms with Gasteiger partial charge < -0.3 is 5.32 Å². The Bertz CT molecular complexity index is 409. The van der Waals surface area contributed by atoms with Crippen molar-refractivity contribution in [2.24, 2.45) is 0 Å². The second-order valence-electron chi connectivity index (χ2n) is 4.24. The largest absolute Gasteiger partial charge is 0.315 e. The molecule has 1 fully saturated rings. The summed E-state index contributed by atoms with van der Waals surface area (Å²) in [5.41, 5.74) is 6.22. The Kier molecular flexibility index (Phi) is 2.85.